The molecule has 1 unspecified atom stereocenters. The van der Waals surface area contributed by atoms with E-state index in [1.165, 1.54) is 12.1 Å². The Morgan fingerprint density at radius 1 is 0.950 bits per heavy atom. The summed E-state index contributed by atoms with van der Waals surface area (Å²) in [7, 11) is 0. The molecule has 0 bridgehead atoms. The van der Waals surface area contributed by atoms with Crippen LogP contribution in [0.1, 0.15) is 37.1 Å². The Hall–Kier alpha value is -1.09. The molecule has 20 heavy (non-hydrogen) atoms. The lowest BCUT2D eigenvalue weighted by atomic mass is 10.0. The van der Waals surface area contributed by atoms with Crippen LogP contribution in [0.2, 0.25) is 10.0 Å². The molecular weight excluding hydrogens is 296 g/mol. The third-order valence-corrected chi connectivity index (χ3v) is 4.03. The average molecular weight is 312 g/mol. The van der Waals surface area contributed by atoms with Gasteiger partial charge in [-0.15, -0.1) is 0 Å². The fourth-order valence-electron chi connectivity index (χ4n) is 2.24. The van der Waals surface area contributed by atoms with Gasteiger partial charge in [0, 0.05) is 22.7 Å². The van der Waals surface area contributed by atoms with Crippen molar-refractivity contribution >= 4 is 23.2 Å². The third kappa shape index (κ3) is 3.32. The van der Waals surface area contributed by atoms with Crippen molar-refractivity contribution in [1.29, 1.82) is 0 Å². The molecule has 1 N–H and O–H groups in total. The van der Waals surface area contributed by atoms with Crippen molar-refractivity contribution in [2.75, 3.05) is 0 Å². The van der Waals surface area contributed by atoms with Gasteiger partial charge in [0.1, 0.15) is 5.82 Å². The molecule has 4 heteroatoms. The van der Waals surface area contributed by atoms with Gasteiger partial charge < -0.3 is 5.32 Å². The van der Waals surface area contributed by atoms with Crippen LogP contribution in [0.25, 0.3) is 0 Å². The van der Waals surface area contributed by atoms with Crippen molar-refractivity contribution in [3.8, 4) is 0 Å². The minimum atomic E-state index is -0.452. The lowest BCUT2D eigenvalue weighted by molar-refractivity contribution is 0.492. The van der Waals surface area contributed by atoms with Gasteiger partial charge in [-0.2, -0.15) is 0 Å². The summed E-state index contributed by atoms with van der Waals surface area (Å²) in [5, 5.41) is 3.94. The predicted molar refractivity (Wildman–Crippen MR) is 82.8 cm³/mol. The summed E-state index contributed by atoms with van der Waals surface area (Å²) in [6.07, 6.45) is 0. The van der Waals surface area contributed by atoms with Crippen molar-refractivity contribution < 1.29 is 4.39 Å². The quantitative estimate of drug-likeness (QED) is 0.730. The first-order valence-electron chi connectivity index (χ1n) is 6.45. The fourth-order valence-corrected chi connectivity index (χ4v) is 2.93. The first-order chi connectivity index (χ1) is 9.50. The zero-order valence-electron chi connectivity index (χ0n) is 11.3. The van der Waals surface area contributed by atoms with E-state index in [1.54, 1.807) is 0 Å². The van der Waals surface area contributed by atoms with Crippen molar-refractivity contribution in [3.05, 3.63) is 69.5 Å². The highest BCUT2D eigenvalue weighted by molar-refractivity contribution is 6.36. The number of benzene rings is 2. The minimum Gasteiger partial charge on any atom is -0.304 e. The SMILES string of the molecule is CC(N[C@H](C)c1ccccc1)c1c(Cl)ccc(F)c1Cl. The van der Waals surface area contributed by atoms with Crippen LogP contribution in [-0.2, 0) is 0 Å². The average Bonchev–Trinajstić information content (AvgIpc) is 2.44. The molecule has 0 fully saturated rings. The second-order valence-corrected chi connectivity index (χ2v) is 5.56. The molecule has 0 heterocycles. The van der Waals surface area contributed by atoms with Crippen LogP contribution < -0.4 is 5.32 Å². The number of hydrogen-bond acceptors (Lipinski definition) is 1. The molecule has 0 aliphatic rings. The molecule has 0 spiro atoms. The molecule has 0 aliphatic heterocycles. The maximum Gasteiger partial charge on any atom is 0.142 e. The van der Waals surface area contributed by atoms with Gasteiger partial charge in [0.25, 0.3) is 0 Å². The zero-order valence-corrected chi connectivity index (χ0v) is 12.8. The van der Waals surface area contributed by atoms with Gasteiger partial charge in [-0.1, -0.05) is 53.5 Å². The van der Waals surface area contributed by atoms with E-state index in [9.17, 15) is 4.39 Å². The molecule has 0 radical (unpaired) electrons. The van der Waals surface area contributed by atoms with Gasteiger partial charge in [-0.3, -0.25) is 0 Å². The normalized spacial score (nSPS) is 14.1. The molecule has 106 valence electrons. The van der Waals surface area contributed by atoms with Crippen LogP contribution in [0, 0.1) is 5.82 Å². The molecule has 0 saturated carbocycles. The molecular formula is C16H16Cl2FN. The molecule has 2 atom stereocenters. The second kappa shape index (κ2) is 6.57. The molecule has 1 nitrogen and oxygen atoms in total. The van der Waals surface area contributed by atoms with E-state index in [2.05, 4.69) is 5.32 Å². The largest absolute Gasteiger partial charge is 0.304 e. The summed E-state index contributed by atoms with van der Waals surface area (Å²) in [6, 6.07) is 12.8. The van der Waals surface area contributed by atoms with E-state index in [4.69, 9.17) is 23.2 Å². The predicted octanol–water partition coefficient (Wildman–Crippen LogP) is 5.54. The van der Waals surface area contributed by atoms with Crippen LogP contribution in [0.5, 0.6) is 0 Å². The minimum absolute atomic E-state index is 0.0813. The molecule has 0 amide bonds. The fraction of sp³-hybridized carbons (Fsp3) is 0.250. The van der Waals surface area contributed by atoms with Crippen LogP contribution in [0.4, 0.5) is 4.39 Å². The first-order valence-corrected chi connectivity index (χ1v) is 7.20. The highest BCUT2D eigenvalue weighted by Crippen LogP contribution is 2.33. The van der Waals surface area contributed by atoms with E-state index < -0.39 is 5.82 Å². The van der Waals surface area contributed by atoms with E-state index in [0.717, 1.165) is 5.56 Å². The van der Waals surface area contributed by atoms with Crippen molar-refractivity contribution in [2.45, 2.75) is 25.9 Å². The van der Waals surface area contributed by atoms with E-state index in [-0.39, 0.29) is 17.1 Å². The first kappa shape index (κ1) is 15.3. The van der Waals surface area contributed by atoms with Gasteiger partial charge in [-0.05, 0) is 31.5 Å². The lowest BCUT2D eigenvalue weighted by Crippen LogP contribution is -2.23. The Kier molecular flexibility index (Phi) is 5.03. The third-order valence-electron chi connectivity index (χ3n) is 3.31. The highest BCUT2D eigenvalue weighted by atomic mass is 35.5. The van der Waals surface area contributed by atoms with E-state index >= 15 is 0 Å². The molecule has 0 aliphatic carbocycles. The van der Waals surface area contributed by atoms with Crippen LogP contribution in [0.15, 0.2) is 42.5 Å². The Morgan fingerprint density at radius 3 is 2.25 bits per heavy atom. The van der Waals surface area contributed by atoms with Gasteiger partial charge in [0.15, 0.2) is 0 Å². The molecule has 0 saturated heterocycles. The van der Waals surface area contributed by atoms with E-state index in [0.29, 0.717) is 10.6 Å². The topological polar surface area (TPSA) is 12.0 Å². The van der Waals surface area contributed by atoms with Crippen LogP contribution in [0.3, 0.4) is 0 Å². The monoisotopic (exact) mass is 311 g/mol. The lowest BCUT2D eigenvalue weighted by Gasteiger charge is -2.22. The second-order valence-electron chi connectivity index (χ2n) is 4.78. The summed E-state index contributed by atoms with van der Waals surface area (Å²) < 4.78 is 13.6. The summed E-state index contributed by atoms with van der Waals surface area (Å²) in [5.74, 6) is -0.452. The van der Waals surface area contributed by atoms with Crippen LogP contribution >= 0.6 is 23.2 Å². The van der Waals surface area contributed by atoms with Crippen LogP contribution in [-0.4, -0.2) is 0 Å². The van der Waals surface area contributed by atoms with E-state index in [1.807, 2.05) is 44.2 Å². The maximum atomic E-state index is 13.6. The van der Waals surface area contributed by atoms with Gasteiger partial charge in [0.05, 0.1) is 5.02 Å². The summed E-state index contributed by atoms with van der Waals surface area (Å²) in [4.78, 5) is 0. The smallest absolute Gasteiger partial charge is 0.142 e. The Labute approximate surface area is 128 Å². The van der Waals surface area contributed by atoms with Crippen molar-refractivity contribution in [3.63, 3.8) is 0 Å². The zero-order chi connectivity index (χ0) is 14.7. The number of rotatable bonds is 4. The molecule has 2 aromatic rings. The number of nitrogens with one attached hydrogen (secondary N) is 1. The van der Waals surface area contributed by atoms with Gasteiger partial charge in [0.2, 0.25) is 0 Å². The number of hydrogen-bond donors (Lipinski definition) is 1. The molecule has 0 aromatic heterocycles. The van der Waals surface area contributed by atoms with Gasteiger partial charge in [-0.25, -0.2) is 4.39 Å². The van der Waals surface area contributed by atoms with Crippen molar-refractivity contribution in [2.24, 2.45) is 0 Å². The van der Waals surface area contributed by atoms with Gasteiger partial charge >= 0.3 is 0 Å². The summed E-state index contributed by atoms with van der Waals surface area (Å²) in [5.41, 5.74) is 1.75. The standard InChI is InChI=1S/C16H16Cl2FN/c1-10(12-6-4-3-5-7-12)20-11(2)15-13(17)8-9-14(19)16(15)18/h3-11,20H,1-2H3/t10-,11?/m1/s1. The highest BCUT2D eigenvalue weighted by Gasteiger charge is 2.18. The summed E-state index contributed by atoms with van der Waals surface area (Å²) in [6.45, 7) is 3.97. The van der Waals surface area contributed by atoms with Crippen molar-refractivity contribution in [1.82, 2.24) is 5.32 Å². The summed E-state index contributed by atoms with van der Waals surface area (Å²) >= 11 is 12.2. The Balaban J connectivity index is 2.21. The maximum absolute atomic E-state index is 13.6. The molecule has 2 aromatic carbocycles. The number of halogens is 3. The Bertz CT molecular complexity index is 587. The molecule has 2 rings (SSSR count). The Morgan fingerprint density at radius 2 is 1.60 bits per heavy atom.